The zero-order chi connectivity index (χ0) is 17.2. The first-order valence-corrected chi connectivity index (χ1v) is 9.67. The molecular formula is C20H21NO2S. The molecule has 0 unspecified atom stereocenters. The highest BCUT2D eigenvalue weighted by Crippen LogP contribution is 2.23. The lowest BCUT2D eigenvalue weighted by atomic mass is 10.0. The summed E-state index contributed by atoms with van der Waals surface area (Å²) in [4.78, 5) is 3.57. The Bertz CT molecular complexity index is 908. The van der Waals surface area contributed by atoms with E-state index in [1.807, 2.05) is 54.6 Å². The maximum atomic E-state index is 12.6. The summed E-state index contributed by atoms with van der Waals surface area (Å²) >= 11 is 0. The average molecular weight is 339 g/mol. The van der Waals surface area contributed by atoms with Crippen molar-refractivity contribution in [2.75, 3.05) is 0 Å². The van der Waals surface area contributed by atoms with Crippen LogP contribution in [0.3, 0.4) is 0 Å². The number of hydrogen-bond donors (Lipinski definition) is 1. The molecule has 0 saturated heterocycles. The van der Waals surface area contributed by atoms with Crippen molar-refractivity contribution in [2.24, 2.45) is 0 Å². The van der Waals surface area contributed by atoms with E-state index >= 15 is 0 Å². The highest BCUT2D eigenvalue weighted by molar-refractivity contribution is 7.90. The number of rotatable bonds is 5. The first-order chi connectivity index (χ1) is 11.5. The van der Waals surface area contributed by atoms with Crippen molar-refractivity contribution in [1.29, 1.82) is 0 Å². The molecule has 4 heteroatoms. The fraction of sp³-hybridized carbons (Fsp3) is 0.200. The number of aromatic amines is 1. The van der Waals surface area contributed by atoms with Crippen molar-refractivity contribution in [1.82, 2.24) is 4.98 Å². The summed E-state index contributed by atoms with van der Waals surface area (Å²) < 4.78 is 25.2. The van der Waals surface area contributed by atoms with Gasteiger partial charge in [-0.25, -0.2) is 8.42 Å². The van der Waals surface area contributed by atoms with Gasteiger partial charge in [-0.15, -0.1) is 0 Å². The summed E-state index contributed by atoms with van der Waals surface area (Å²) in [6.45, 7) is 4.18. The third-order valence-corrected chi connectivity index (χ3v) is 5.76. The molecule has 0 spiro atoms. The Labute approximate surface area is 143 Å². The van der Waals surface area contributed by atoms with Crippen LogP contribution in [0.5, 0.6) is 0 Å². The molecule has 2 aromatic carbocycles. The van der Waals surface area contributed by atoms with Crippen LogP contribution in [0.4, 0.5) is 0 Å². The number of sulfone groups is 1. The molecule has 3 aromatic rings. The lowest BCUT2D eigenvalue weighted by molar-refractivity contribution is 0.594. The van der Waals surface area contributed by atoms with E-state index in [0.717, 1.165) is 16.8 Å². The molecule has 0 aliphatic rings. The van der Waals surface area contributed by atoms with Gasteiger partial charge < -0.3 is 4.98 Å². The van der Waals surface area contributed by atoms with Crippen LogP contribution in [0.25, 0.3) is 11.3 Å². The van der Waals surface area contributed by atoms with Crippen molar-refractivity contribution in [2.45, 2.75) is 30.4 Å². The monoisotopic (exact) mass is 339 g/mol. The molecule has 0 atom stereocenters. The van der Waals surface area contributed by atoms with Gasteiger partial charge in [0.15, 0.2) is 9.84 Å². The Kier molecular flexibility index (Phi) is 4.58. The lowest BCUT2D eigenvalue weighted by Gasteiger charge is -2.07. The molecule has 0 bridgehead atoms. The van der Waals surface area contributed by atoms with Crippen LogP contribution in [0.2, 0.25) is 0 Å². The minimum atomic E-state index is -3.36. The molecule has 1 N–H and O–H groups in total. The predicted octanol–water partition coefficient (Wildman–Crippen LogP) is 4.78. The average Bonchev–Trinajstić information content (AvgIpc) is 3.03. The smallest absolute Gasteiger partial charge is 0.183 e. The van der Waals surface area contributed by atoms with Gasteiger partial charge in [0.1, 0.15) is 0 Å². The third-order valence-electron chi connectivity index (χ3n) is 4.08. The molecule has 3 rings (SSSR count). The van der Waals surface area contributed by atoms with Crippen LogP contribution < -0.4 is 0 Å². The van der Waals surface area contributed by atoms with E-state index in [-0.39, 0.29) is 5.75 Å². The van der Waals surface area contributed by atoms with Crippen LogP contribution in [-0.4, -0.2) is 13.4 Å². The normalized spacial score (nSPS) is 11.8. The molecule has 0 saturated carbocycles. The van der Waals surface area contributed by atoms with Crippen molar-refractivity contribution in [3.05, 3.63) is 78.0 Å². The molecule has 3 nitrogen and oxygen atoms in total. The Balaban J connectivity index is 1.81. The van der Waals surface area contributed by atoms with E-state index in [2.05, 4.69) is 18.8 Å². The summed E-state index contributed by atoms with van der Waals surface area (Å²) in [6, 6.07) is 20.8. The van der Waals surface area contributed by atoms with Crippen molar-refractivity contribution in [3.63, 3.8) is 0 Å². The zero-order valence-electron chi connectivity index (χ0n) is 13.9. The molecule has 0 aliphatic heterocycles. The van der Waals surface area contributed by atoms with Gasteiger partial charge in [0.05, 0.1) is 10.6 Å². The quantitative estimate of drug-likeness (QED) is 0.727. The summed E-state index contributed by atoms with van der Waals surface area (Å²) in [6.07, 6.45) is 0. The van der Waals surface area contributed by atoms with Gasteiger partial charge >= 0.3 is 0 Å². The van der Waals surface area contributed by atoms with Gasteiger partial charge in [-0.2, -0.15) is 0 Å². The largest absolute Gasteiger partial charge is 0.358 e. The van der Waals surface area contributed by atoms with Gasteiger partial charge in [-0.05, 0) is 41.3 Å². The van der Waals surface area contributed by atoms with Crippen LogP contribution in [0.1, 0.15) is 31.0 Å². The third kappa shape index (κ3) is 3.60. The molecule has 24 heavy (non-hydrogen) atoms. The highest BCUT2D eigenvalue weighted by Gasteiger charge is 2.17. The molecule has 0 amide bonds. The molecule has 1 aromatic heterocycles. The van der Waals surface area contributed by atoms with Gasteiger partial charge in [0.2, 0.25) is 0 Å². The Morgan fingerprint density at radius 2 is 1.54 bits per heavy atom. The summed E-state index contributed by atoms with van der Waals surface area (Å²) in [5.74, 6) is 0.361. The standard InChI is InChI=1S/C20H21NO2S/c1-15(2)16-8-11-19(12-9-16)24(22,23)14-18-10-13-20(21-18)17-6-4-3-5-7-17/h3-13,15,21H,14H2,1-2H3. The van der Waals surface area contributed by atoms with E-state index in [0.29, 0.717) is 16.5 Å². The minimum absolute atomic E-state index is 0.0269. The van der Waals surface area contributed by atoms with Crippen molar-refractivity contribution in [3.8, 4) is 11.3 Å². The highest BCUT2D eigenvalue weighted by atomic mass is 32.2. The predicted molar refractivity (Wildman–Crippen MR) is 97.6 cm³/mol. The number of benzene rings is 2. The first kappa shape index (κ1) is 16.5. The SMILES string of the molecule is CC(C)c1ccc(S(=O)(=O)Cc2ccc(-c3ccccc3)[nH]2)cc1. The van der Waals surface area contributed by atoms with Crippen molar-refractivity contribution >= 4 is 9.84 Å². The van der Waals surface area contributed by atoms with Gasteiger partial charge in [0.25, 0.3) is 0 Å². The fourth-order valence-corrected chi connectivity index (χ4v) is 3.95. The molecule has 0 fully saturated rings. The van der Waals surface area contributed by atoms with Gasteiger partial charge in [-0.3, -0.25) is 0 Å². The van der Waals surface area contributed by atoms with Crippen LogP contribution in [-0.2, 0) is 15.6 Å². The maximum Gasteiger partial charge on any atom is 0.183 e. The molecule has 124 valence electrons. The van der Waals surface area contributed by atoms with Crippen LogP contribution in [0.15, 0.2) is 71.6 Å². The summed E-state index contributed by atoms with van der Waals surface area (Å²) in [5.41, 5.74) is 3.81. The van der Waals surface area contributed by atoms with Crippen LogP contribution in [0, 0.1) is 0 Å². The van der Waals surface area contributed by atoms with E-state index < -0.39 is 9.84 Å². The van der Waals surface area contributed by atoms with E-state index in [4.69, 9.17) is 0 Å². The fourth-order valence-electron chi connectivity index (χ4n) is 2.66. The maximum absolute atomic E-state index is 12.6. The Morgan fingerprint density at radius 3 is 2.17 bits per heavy atom. The lowest BCUT2D eigenvalue weighted by Crippen LogP contribution is -2.05. The second kappa shape index (κ2) is 6.65. The van der Waals surface area contributed by atoms with E-state index in [1.165, 1.54) is 0 Å². The van der Waals surface area contributed by atoms with E-state index in [9.17, 15) is 8.42 Å². The second-order valence-electron chi connectivity index (χ2n) is 6.25. The summed E-state index contributed by atoms with van der Waals surface area (Å²) in [5, 5.41) is 0. The second-order valence-corrected chi connectivity index (χ2v) is 8.24. The number of nitrogens with one attached hydrogen (secondary N) is 1. The van der Waals surface area contributed by atoms with Crippen molar-refractivity contribution < 1.29 is 8.42 Å². The topological polar surface area (TPSA) is 49.9 Å². The Hall–Kier alpha value is -2.33. The van der Waals surface area contributed by atoms with Crippen LogP contribution >= 0.6 is 0 Å². The number of H-pyrrole nitrogens is 1. The number of aromatic nitrogens is 1. The van der Waals surface area contributed by atoms with Gasteiger partial charge in [-0.1, -0.05) is 56.3 Å². The molecule has 0 aliphatic carbocycles. The molecule has 0 radical (unpaired) electrons. The minimum Gasteiger partial charge on any atom is -0.358 e. The zero-order valence-corrected chi connectivity index (χ0v) is 14.7. The summed E-state index contributed by atoms with van der Waals surface area (Å²) in [7, 11) is -3.36. The number of hydrogen-bond acceptors (Lipinski definition) is 2. The Morgan fingerprint density at radius 1 is 0.875 bits per heavy atom. The van der Waals surface area contributed by atoms with E-state index in [1.54, 1.807) is 12.1 Å². The molecule has 1 heterocycles. The van der Waals surface area contributed by atoms with Gasteiger partial charge in [0, 0.05) is 11.4 Å². The molecular weight excluding hydrogens is 318 g/mol. The first-order valence-electron chi connectivity index (χ1n) is 8.02.